The van der Waals surface area contributed by atoms with E-state index in [9.17, 15) is 9.18 Å². The molecule has 0 fully saturated rings. The van der Waals surface area contributed by atoms with Crippen molar-refractivity contribution in [2.45, 2.75) is 26.7 Å². The van der Waals surface area contributed by atoms with Crippen LogP contribution in [-0.2, 0) is 12.8 Å². The van der Waals surface area contributed by atoms with E-state index < -0.39 is 0 Å². The lowest BCUT2D eigenvalue weighted by atomic mass is 10.1. The van der Waals surface area contributed by atoms with Gasteiger partial charge in [0.05, 0.1) is 5.01 Å². The van der Waals surface area contributed by atoms with Crippen LogP contribution in [0.1, 0.15) is 32.7 Å². The molecule has 3 nitrogen and oxygen atoms in total. The molecule has 2 aromatic rings. The van der Waals surface area contributed by atoms with Crippen LogP contribution in [0.2, 0.25) is 0 Å². The van der Waals surface area contributed by atoms with Crippen LogP contribution in [-0.4, -0.2) is 17.4 Å². The zero-order chi connectivity index (χ0) is 14.5. The third kappa shape index (κ3) is 3.42. The predicted octanol–water partition coefficient (Wildman–Crippen LogP) is 3.13. The first-order valence-electron chi connectivity index (χ1n) is 6.58. The van der Waals surface area contributed by atoms with Gasteiger partial charge in [0.15, 0.2) is 0 Å². The predicted molar refractivity (Wildman–Crippen MR) is 78.7 cm³/mol. The molecule has 0 bridgehead atoms. The van der Waals surface area contributed by atoms with Gasteiger partial charge in [0.1, 0.15) is 5.82 Å². The SMILES string of the molecule is CCc1cnc(CCNC(=O)c2cccc(F)c2C)s1. The van der Waals surface area contributed by atoms with Gasteiger partial charge in [-0.25, -0.2) is 9.37 Å². The van der Waals surface area contributed by atoms with E-state index in [0.717, 1.165) is 11.4 Å². The third-order valence-electron chi connectivity index (χ3n) is 3.09. The van der Waals surface area contributed by atoms with E-state index in [4.69, 9.17) is 0 Å². The lowest BCUT2D eigenvalue weighted by molar-refractivity contribution is 0.0953. The summed E-state index contributed by atoms with van der Waals surface area (Å²) in [6, 6.07) is 4.53. The van der Waals surface area contributed by atoms with Gasteiger partial charge in [0, 0.05) is 29.6 Å². The number of rotatable bonds is 5. The van der Waals surface area contributed by atoms with E-state index in [1.807, 2.05) is 6.20 Å². The zero-order valence-corrected chi connectivity index (χ0v) is 12.4. The van der Waals surface area contributed by atoms with Crippen LogP contribution in [0.4, 0.5) is 4.39 Å². The van der Waals surface area contributed by atoms with E-state index in [2.05, 4.69) is 17.2 Å². The third-order valence-corrected chi connectivity index (χ3v) is 4.29. The molecular weight excluding hydrogens is 275 g/mol. The molecule has 1 aromatic carbocycles. The Balaban J connectivity index is 1.90. The quantitative estimate of drug-likeness (QED) is 0.920. The minimum absolute atomic E-state index is 0.241. The van der Waals surface area contributed by atoms with Gasteiger partial charge in [0.25, 0.3) is 5.91 Å². The number of aryl methyl sites for hydroxylation is 1. The second kappa shape index (κ2) is 6.61. The minimum atomic E-state index is -0.356. The van der Waals surface area contributed by atoms with Crippen molar-refractivity contribution in [2.24, 2.45) is 0 Å². The van der Waals surface area contributed by atoms with Crippen molar-refractivity contribution in [2.75, 3.05) is 6.54 Å². The molecule has 1 heterocycles. The summed E-state index contributed by atoms with van der Waals surface area (Å²) in [6.45, 7) is 4.20. The fourth-order valence-corrected chi connectivity index (χ4v) is 2.72. The first kappa shape index (κ1) is 14.7. The van der Waals surface area contributed by atoms with Crippen LogP contribution in [0.3, 0.4) is 0 Å². The summed E-state index contributed by atoms with van der Waals surface area (Å²) in [6.07, 6.45) is 3.55. The standard InChI is InChI=1S/C15H17FN2OS/c1-3-11-9-18-14(20-11)7-8-17-15(19)12-5-4-6-13(16)10(12)2/h4-6,9H,3,7-8H2,1-2H3,(H,17,19). The first-order chi connectivity index (χ1) is 9.61. The van der Waals surface area contributed by atoms with E-state index >= 15 is 0 Å². The number of hydrogen-bond donors (Lipinski definition) is 1. The topological polar surface area (TPSA) is 42.0 Å². The van der Waals surface area contributed by atoms with E-state index in [-0.39, 0.29) is 11.7 Å². The fourth-order valence-electron chi connectivity index (χ4n) is 1.86. The number of halogens is 1. The normalized spacial score (nSPS) is 10.6. The van der Waals surface area contributed by atoms with Gasteiger partial charge in [-0.3, -0.25) is 4.79 Å². The Morgan fingerprint density at radius 1 is 1.45 bits per heavy atom. The van der Waals surface area contributed by atoms with Gasteiger partial charge in [-0.15, -0.1) is 11.3 Å². The van der Waals surface area contributed by atoms with Gasteiger partial charge in [-0.2, -0.15) is 0 Å². The number of nitrogens with zero attached hydrogens (tertiary/aromatic N) is 1. The Bertz CT molecular complexity index is 610. The fraction of sp³-hybridized carbons (Fsp3) is 0.333. The van der Waals surface area contributed by atoms with Crippen molar-refractivity contribution in [3.8, 4) is 0 Å². The van der Waals surface area contributed by atoms with Crippen LogP contribution in [0, 0.1) is 12.7 Å². The molecule has 1 amide bonds. The molecule has 0 radical (unpaired) electrons. The number of carbonyl (C=O) groups is 1. The maximum atomic E-state index is 13.4. The van der Waals surface area contributed by atoms with Gasteiger partial charge < -0.3 is 5.32 Å². The Hall–Kier alpha value is -1.75. The van der Waals surface area contributed by atoms with Crippen molar-refractivity contribution < 1.29 is 9.18 Å². The Labute approximate surface area is 121 Å². The number of carbonyl (C=O) groups excluding carboxylic acids is 1. The van der Waals surface area contributed by atoms with E-state index in [1.54, 1.807) is 30.4 Å². The number of hydrogen-bond acceptors (Lipinski definition) is 3. The Kier molecular flexibility index (Phi) is 4.84. The highest BCUT2D eigenvalue weighted by atomic mass is 32.1. The lowest BCUT2D eigenvalue weighted by Crippen LogP contribution is -2.26. The molecule has 20 heavy (non-hydrogen) atoms. The van der Waals surface area contributed by atoms with Crippen molar-refractivity contribution in [3.63, 3.8) is 0 Å². The van der Waals surface area contributed by atoms with Crippen LogP contribution in [0.25, 0.3) is 0 Å². The average molecular weight is 292 g/mol. The molecule has 0 saturated heterocycles. The largest absolute Gasteiger partial charge is 0.352 e. The molecule has 0 unspecified atom stereocenters. The number of nitrogens with one attached hydrogen (secondary N) is 1. The van der Waals surface area contributed by atoms with Crippen LogP contribution >= 0.6 is 11.3 Å². The molecule has 106 valence electrons. The van der Waals surface area contributed by atoms with Gasteiger partial charge in [-0.1, -0.05) is 13.0 Å². The second-order valence-electron chi connectivity index (χ2n) is 4.49. The maximum absolute atomic E-state index is 13.4. The summed E-state index contributed by atoms with van der Waals surface area (Å²) in [4.78, 5) is 17.5. The Morgan fingerprint density at radius 2 is 2.25 bits per heavy atom. The summed E-state index contributed by atoms with van der Waals surface area (Å²) < 4.78 is 13.4. The highest BCUT2D eigenvalue weighted by molar-refractivity contribution is 7.11. The summed E-state index contributed by atoms with van der Waals surface area (Å²) in [5.74, 6) is -0.598. The lowest BCUT2D eigenvalue weighted by Gasteiger charge is -2.07. The minimum Gasteiger partial charge on any atom is -0.352 e. The van der Waals surface area contributed by atoms with Gasteiger partial charge in [0.2, 0.25) is 0 Å². The molecule has 5 heteroatoms. The molecule has 0 saturated carbocycles. The summed E-state index contributed by atoms with van der Waals surface area (Å²) in [7, 11) is 0. The molecule has 1 aromatic heterocycles. The Morgan fingerprint density at radius 3 is 2.95 bits per heavy atom. The van der Waals surface area contributed by atoms with Crippen molar-refractivity contribution >= 4 is 17.2 Å². The smallest absolute Gasteiger partial charge is 0.251 e. The maximum Gasteiger partial charge on any atom is 0.251 e. The van der Waals surface area contributed by atoms with E-state index in [0.29, 0.717) is 24.1 Å². The summed E-state index contributed by atoms with van der Waals surface area (Å²) >= 11 is 1.66. The van der Waals surface area contributed by atoms with Crippen LogP contribution in [0.15, 0.2) is 24.4 Å². The first-order valence-corrected chi connectivity index (χ1v) is 7.40. The average Bonchev–Trinajstić information content (AvgIpc) is 2.89. The van der Waals surface area contributed by atoms with E-state index in [1.165, 1.54) is 10.9 Å². The molecule has 0 atom stereocenters. The highest BCUT2D eigenvalue weighted by Gasteiger charge is 2.11. The van der Waals surface area contributed by atoms with Crippen molar-refractivity contribution in [3.05, 3.63) is 51.2 Å². The molecule has 0 aliphatic carbocycles. The van der Waals surface area contributed by atoms with Crippen molar-refractivity contribution in [1.82, 2.24) is 10.3 Å². The number of amides is 1. The van der Waals surface area contributed by atoms with Gasteiger partial charge >= 0.3 is 0 Å². The molecule has 0 aliphatic heterocycles. The molecule has 0 spiro atoms. The highest BCUT2D eigenvalue weighted by Crippen LogP contribution is 2.14. The number of aromatic nitrogens is 1. The van der Waals surface area contributed by atoms with Crippen LogP contribution < -0.4 is 5.32 Å². The van der Waals surface area contributed by atoms with Crippen LogP contribution in [0.5, 0.6) is 0 Å². The molecular formula is C15H17FN2OS. The zero-order valence-electron chi connectivity index (χ0n) is 11.6. The second-order valence-corrected chi connectivity index (χ2v) is 5.69. The number of thiazole rings is 1. The molecule has 1 N–H and O–H groups in total. The molecule has 0 aliphatic rings. The van der Waals surface area contributed by atoms with Gasteiger partial charge in [-0.05, 0) is 31.0 Å². The number of benzene rings is 1. The summed E-state index contributed by atoms with van der Waals surface area (Å²) in [5, 5.41) is 3.82. The summed E-state index contributed by atoms with van der Waals surface area (Å²) in [5.41, 5.74) is 0.769. The monoisotopic (exact) mass is 292 g/mol. The van der Waals surface area contributed by atoms with Crippen molar-refractivity contribution in [1.29, 1.82) is 0 Å². The molecule has 2 rings (SSSR count).